The van der Waals surface area contributed by atoms with Gasteiger partial charge in [-0.05, 0) is 19.2 Å². The van der Waals surface area contributed by atoms with Crippen molar-refractivity contribution in [2.45, 2.75) is 0 Å². The van der Waals surface area contributed by atoms with Crippen LogP contribution in [0.2, 0.25) is 0 Å². The van der Waals surface area contributed by atoms with Crippen molar-refractivity contribution in [3.05, 3.63) is 42.7 Å². The average Bonchev–Trinajstić information content (AvgIpc) is 2.38. The van der Waals surface area contributed by atoms with Crippen molar-refractivity contribution in [1.82, 2.24) is 10.2 Å². The van der Waals surface area contributed by atoms with E-state index < -0.39 is 0 Å². The van der Waals surface area contributed by atoms with E-state index in [0.717, 1.165) is 0 Å². The molecule has 5 heteroatoms. The van der Waals surface area contributed by atoms with Crippen LogP contribution in [0.3, 0.4) is 0 Å². The lowest BCUT2D eigenvalue weighted by molar-refractivity contribution is -0.121. The van der Waals surface area contributed by atoms with Gasteiger partial charge in [-0.3, -0.25) is 9.69 Å². The monoisotopic (exact) mass is 266 g/mol. The predicted octanol–water partition coefficient (Wildman–Crippen LogP) is 1.44. The van der Waals surface area contributed by atoms with E-state index in [1.54, 1.807) is 36.2 Å². The molecule has 1 rings (SSSR count). The van der Waals surface area contributed by atoms with Crippen molar-refractivity contribution in [1.29, 1.82) is 0 Å². The lowest BCUT2D eigenvalue weighted by Crippen LogP contribution is -2.36. The highest BCUT2D eigenvalue weighted by Gasteiger charge is 2.06. The molecule has 1 N–H and O–H groups in total. The molecule has 1 aromatic carbocycles. The number of hydrogen-bond acceptors (Lipinski definition) is 3. The molecule has 0 aliphatic rings. The summed E-state index contributed by atoms with van der Waals surface area (Å²) >= 11 is 0. The summed E-state index contributed by atoms with van der Waals surface area (Å²) in [5, 5.41) is 2.68. The number of likely N-dealkylation sites (N-methyl/N-ethyl adjacent to an activating group) is 1. The van der Waals surface area contributed by atoms with E-state index in [0.29, 0.717) is 19.7 Å². The maximum atomic E-state index is 13.3. The molecule has 0 aliphatic heterocycles. The Labute approximate surface area is 112 Å². The predicted molar refractivity (Wildman–Crippen MR) is 72.6 cm³/mol. The molecule has 0 spiro atoms. The molecule has 0 saturated carbocycles. The van der Waals surface area contributed by atoms with Crippen molar-refractivity contribution in [3.63, 3.8) is 0 Å². The number of carbonyl (C=O) groups excluding carboxylic acids is 1. The number of amides is 1. The van der Waals surface area contributed by atoms with Crippen molar-refractivity contribution < 1.29 is 13.9 Å². The van der Waals surface area contributed by atoms with Crippen LogP contribution in [0.1, 0.15) is 0 Å². The highest BCUT2D eigenvalue weighted by molar-refractivity contribution is 5.78. The number of para-hydroxylation sites is 1. The first-order valence-electron chi connectivity index (χ1n) is 6.07. The van der Waals surface area contributed by atoms with Gasteiger partial charge in [-0.15, -0.1) is 6.58 Å². The largest absolute Gasteiger partial charge is 0.489 e. The average molecular weight is 266 g/mol. The lowest BCUT2D eigenvalue weighted by atomic mass is 10.3. The lowest BCUT2D eigenvalue weighted by Gasteiger charge is -2.16. The molecule has 1 aromatic rings. The summed E-state index contributed by atoms with van der Waals surface area (Å²) in [4.78, 5) is 13.2. The Balaban J connectivity index is 2.23. The first-order valence-corrected chi connectivity index (χ1v) is 6.07. The van der Waals surface area contributed by atoms with Crippen molar-refractivity contribution in [2.75, 3.05) is 33.3 Å². The normalized spacial score (nSPS) is 10.3. The second-order valence-corrected chi connectivity index (χ2v) is 4.11. The van der Waals surface area contributed by atoms with Crippen LogP contribution < -0.4 is 10.1 Å². The Hall–Kier alpha value is -1.88. The Morgan fingerprint density at radius 1 is 1.53 bits per heavy atom. The maximum absolute atomic E-state index is 13.3. The molecule has 0 aliphatic carbocycles. The van der Waals surface area contributed by atoms with E-state index in [4.69, 9.17) is 4.74 Å². The minimum atomic E-state index is -0.381. The number of benzene rings is 1. The highest BCUT2D eigenvalue weighted by Crippen LogP contribution is 2.14. The molecule has 0 atom stereocenters. The number of halogens is 1. The summed E-state index contributed by atoms with van der Waals surface area (Å²) < 4.78 is 18.6. The number of hydrogen-bond donors (Lipinski definition) is 1. The third kappa shape index (κ3) is 6.01. The summed E-state index contributed by atoms with van der Waals surface area (Å²) in [6.45, 7) is 5.11. The third-order valence-corrected chi connectivity index (χ3v) is 2.42. The van der Waals surface area contributed by atoms with Crippen LogP contribution in [0.25, 0.3) is 0 Å². The molecule has 0 unspecified atom stereocenters. The molecule has 0 bridgehead atoms. The van der Waals surface area contributed by atoms with Gasteiger partial charge in [0, 0.05) is 13.1 Å². The molecular formula is C14H19FN2O2. The van der Waals surface area contributed by atoms with Crippen LogP contribution in [0, 0.1) is 5.82 Å². The van der Waals surface area contributed by atoms with E-state index in [1.165, 1.54) is 6.07 Å². The van der Waals surface area contributed by atoms with Gasteiger partial charge in [0.25, 0.3) is 0 Å². The van der Waals surface area contributed by atoms with E-state index in [1.807, 2.05) is 0 Å². The molecular weight excluding hydrogens is 247 g/mol. The SMILES string of the molecule is C=CCNC(=O)CN(C)CCOc1ccccc1F. The van der Waals surface area contributed by atoms with Crippen LogP contribution in [-0.4, -0.2) is 44.1 Å². The molecule has 4 nitrogen and oxygen atoms in total. The van der Waals surface area contributed by atoms with Crippen molar-refractivity contribution >= 4 is 5.91 Å². The van der Waals surface area contributed by atoms with Gasteiger partial charge in [-0.1, -0.05) is 18.2 Å². The topological polar surface area (TPSA) is 41.6 Å². The fourth-order valence-electron chi connectivity index (χ4n) is 1.44. The molecule has 0 aromatic heterocycles. The Morgan fingerprint density at radius 3 is 2.95 bits per heavy atom. The van der Waals surface area contributed by atoms with Crippen LogP contribution in [0.5, 0.6) is 5.75 Å². The highest BCUT2D eigenvalue weighted by atomic mass is 19.1. The molecule has 0 fully saturated rings. The molecule has 104 valence electrons. The second-order valence-electron chi connectivity index (χ2n) is 4.11. The maximum Gasteiger partial charge on any atom is 0.234 e. The van der Waals surface area contributed by atoms with Gasteiger partial charge < -0.3 is 10.1 Å². The third-order valence-electron chi connectivity index (χ3n) is 2.42. The number of nitrogens with zero attached hydrogens (tertiary/aromatic N) is 1. The smallest absolute Gasteiger partial charge is 0.234 e. The zero-order chi connectivity index (χ0) is 14.1. The standard InChI is InChI=1S/C14H19FN2O2/c1-3-8-16-14(18)11-17(2)9-10-19-13-7-5-4-6-12(13)15/h3-7H,1,8-11H2,2H3,(H,16,18). The zero-order valence-corrected chi connectivity index (χ0v) is 11.1. The van der Waals surface area contributed by atoms with E-state index in [9.17, 15) is 9.18 Å². The fraction of sp³-hybridized carbons (Fsp3) is 0.357. The van der Waals surface area contributed by atoms with E-state index in [-0.39, 0.29) is 24.0 Å². The molecule has 0 heterocycles. The zero-order valence-electron chi connectivity index (χ0n) is 11.1. The minimum Gasteiger partial charge on any atom is -0.489 e. The van der Waals surface area contributed by atoms with Gasteiger partial charge in [0.05, 0.1) is 6.54 Å². The van der Waals surface area contributed by atoms with Crippen molar-refractivity contribution in [2.24, 2.45) is 0 Å². The minimum absolute atomic E-state index is 0.0757. The van der Waals surface area contributed by atoms with Gasteiger partial charge in [0.2, 0.25) is 5.91 Å². The Kier molecular flexibility index (Phi) is 6.60. The molecule has 19 heavy (non-hydrogen) atoms. The van der Waals surface area contributed by atoms with Gasteiger partial charge in [0.1, 0.15) is 6.61 Å². The van der Waals surface area contributed by atoms with E-state index in [2.05, 4.69) is 11.9 Å². The first kappa shape index (κ1) is 15.2. The number of nitrogens with one attached hydrogen (secondary N) is 1. The Bertz CT molecular complexity index is 424. The van der Waals surface area contributed by atoms with Crippen LogP contribution >= 0.6 is 0 Å². The summed E-state index contributed by atoms with van der Waals surface area (Å²) in [6, 6.07) is 6.25. The van der Waals surface area contributed by atoms with Gasteiger partial charge in [0.15, 0.2) is 11.6 Å². The van der Waals surface area contributed by atoms with E-state index >= 15 is 0 Å². The van der Waals surface area contributed by atoms with Gasteiger partial charge in [-0.25, -0.2) is 4.39 Å². The summed E-state index contributed by atoms with van der Waals surface area (Å²) in [7, 11) is 1.80. The van der Waals surface area contributed by atoms with Crippen LogP contribution in [0.4, 0.5) is 4.39 Å². The summed E-state index contributed by atoms with van der Waals surface area (Å²) in [6.07, 6.45) is 1.62. The fourth-order valence-corrected chi connectivity index (χ4v) is 1.44. The first-order chi connectivity index (χ1) is 9.13. The number of ether oxygens (including phenoxy) is 1. The summed E-state index contributed by atoms with van der Waals surface area (Å²) in [5.41, 5.74) is 0. The number of carbonyl (C=O) groups is 1. The Morgan fingerprint density at radius 2 is 2.26 bits per heavy atom. The number of rotatable bonds is 8. The second kappa shape index (κ2) is 8.26. The van der Waals surface area contributed by atoms with Gasteiger partial charge >= 0.3 is 0 Å². The van der Waals surface area contributed by atoms with Crippen LogP contribution in [0.15, 0.2) is 36.9 Å². The van der Waals surface area contributed by atoms with Crippen LogP contribution in [-0.2, 0) is 4.79 Å². The van der Waals surface area contributed by atoms with Crippen molar-refractivity contribution in [3.8, 4) is 5.75 Å². The molecule has 1 amide bonds. The van der Waals surface area contributed by atoms with Gasteiger partial charge in [-0.2, -0.15) is 0 Å². The molecule has 0 radical (unpaired) electrons. The summed E-state index contributed by atoms with van der Waals surface area (Å²) in [5.74, 6) is -0.228. The quantitative estimate of drug-likeness (QED) is 0.724. The molecule has 0 saturated heterocycles.